The van der Waals surface area contributed by atoms with Gasteiger partial charge in [0.2, 0.25) is 5.91 Å². The molecular weight excluding hydrogens is 328 g/mol. The lowest BCUT2D eigenvalue weighted by molar-refractivity contribution is -0.121. The summed E-state index contributed by atoms with van der Waals surface area (Å²) in [4.78, 5) is 12.1. The summed E-state index contributed by atoms with van der Waals surface area (Å²) in [5, 5.41) is 14.3. The maximum Gasteiger partial charge on any atom is 0.220 e. The van der Waals surface area contributed by atoms with Gasteiger partial charge in [0.05, 0.1) is 13.2 Å². The van der Waals surface area contributed by atoms with E-state index in [9.17, 15) is 9.90 Å². The molecule has 0 fully saturated rings. The number of aliphatic hydroxyl groups is 1. The minimum atomic E-state index is -0.731. The number of carbonyl (C=O) groups excluding carboxylic acids is 1. The Morgan fingerprint density at radius 1 is 1.19 bits per heavy atom. The molecule has 2 aromatic carbocycles. The first kappa shape index (κ1) is 18.0. The Bertz CT molecular complexity index is 884. The molecule has 0 radical (unpaired) electrons. The van der Waals surface area contributed by atoms with Gasteiger partial charge in [-0.15, -0.1) is 0 Å². The van der Waals surface area contributed by atoms with Gasteiger partial charge < -0.3 is 19.7 Å². The third kappa shape index (κ3) is 4.06. The van der Waals surface area contributed by atoms with Crippen LogP contribution in [0.2, 0.25) is 0 Å². The number of amides is 1. The molecule has 0 aliphatic carbocycles. The zero-order chi connectivity index (χ0) is 18.5. The van der Waals surface area contributed by atoms with E-state index in [4.69, 9.17) is 4.74 Å². The zero-order valence-corrected chi connectivity index (χ0v) is 15.1. The quantitative estimate of drug-likeness (QED) is 0.687. The number of rotatable bonds is 7. The van der Waals surface area contributed by atoms with Crippen molar-refractivity contribution in [3.63, 3.8) is 0 Å². The Hall–Kier alpha value is -2.79. The highest BCUT2D eigenvalue weighted by molar-refractivity contribution is 5.84. The summed E-state index contributed by atoms with van der Waals surface area (Å²) in [6, 6.07) is 15.6. The maximum absolute atomic E-state index is 12.1. The van der Waals surface area contributed by atoms with Crippen molar-refractivity contribution in [1.82, 2.24) is 9.88 Å². The SMILES string of the molecule is COc1ccc(CCC(=O)NCC(O)c2cn(C)c3ccccc23)cc1. The fourth-order valence-corrected chi connectivity index (χ4v) is 3.10. The van der Waals surface area contributed by atoms with Crippen LogP contribution in [0.1, 0.15) is 23.7 Å². The standard InChI is InChI=1S/C21H24N2O3/c1-23-14-18(17-5-3-4-6-19(17)23)20(24)13-22-21(25)12-9-15-7-10-16(26-2)11-8-15/h3-8,10-11,14,20,24H,9,12-13H2,1-2H3,(H,22,25). The molecule has 2 N–H and O–H groups in total. The Labute approximate surface area is 153 Å². The van der Waals surface area contributed by atoms with Gasteiger partial charge in [0.15, 0.2) is 0 Å². The summed E-state index contributed by atoms with van der Waals surface area (Å²) in [6.07, 6.45) is 2.22. The van der Waals surface area contributed by atoms with Crippen LogP contribution in [-0.4, -0.2) is 29.2 Å². The number of aryl methyl sites for hydroxylation is 2. The maximum atomic E-state index is 12.1. The molecule has 5 nitrogen and oxygen atoms in total. The van der Waals surface area contributed by atoms with Crippen LogP contribution in [0.15, 0.2) is 54.7 Å². The van der Waals surface area contributed by atoms with Crippen molar-refractivity contribution in [3.8, 4) is 5.75 Å². The molecule has 0 bridgehead atoms. The van der Waals surface area contributed by atoms with Crippen LogP contribution in [0.5, 0.6) is 5.75 Å². The minimum Gasteiger partial charge on any atom is -0.497 e. The molecule has 136 valence electrons. The predicted octanol–water partition coefficient (Wildman–Crippen LogP) is 2.97. The van der Waals surface area contributed by atoms with Crippen molar-refractivity contribution in [2.24, 2.45) is 7.05 Å². The van der Waals surface area contributed by atoms with Crippen LogP contribution < -0.4 is 10.1 Å². The second kappa shape index (κ2) is 8.06. The summed E-state index contributed by atoms with van der Waals surface area (Å²) in [5.74, 6) is 0.733. The van der Waals surface area contributed by atoms with Crippen molar-refractivity contribution in [1.29, 1.82) is 0 Å². The van der Waals surface area contributed by atoms with E-state index >= 15 is 0 Å². The van der Waals surface area contributed by atoms with E-state index in [1.807, 2.05) is 66.3 Å². The molecule has 0 saturated heterocycles. The molecule has 1 atom stereocenters. The molecule has 26 heavy (non-hydrogen) atoms. The minimum absolute atomic E-state index is 0.0693. The number of carbonyl (C=O) groups is 1. The van der Waals surface area contributed by atoms with E-state index in [2.05, 4.69) is 5.32 Å². The lowest BCUT2D eigenvalue weighted by atomic mass is 10.1. The summed E-state index contributed by atoms with van der Waals surface area (Å²) in [6.45, 7) is 0.204. The Morgan fingerprint density at radius 3 is 2.65 bits per heavy atom. The molecule has 3 aromatic rings. The van der Waals surface area contributed by atoms with E-state index in [1.54, 1.807) is 7.11 Å². The number of ether oxygens (including phenoxy) is 1. The molecule has 1 unspecified atom stereocenters. The van der Waals surface area contributed by atoms with Gasteiger partial charge in [-0.2, -0.15) is 0 Å². The average molecular weight is 352 g/mol. The lowest BCUT2D eigenvalue weighted by Crippen LogP contribution is -2.28. The van der Waals surface area contributed by atoms with E-state index in [0.29, 0.717) is 12.8 Å². The molecule has 3 rings (SSSR count). The van der Waals surface area contributed by atoms with Gasteiger partial charge in [-0.1, -0.05) is 30.3 Å². The lowest BCUT2D eigenvalue weighted by Gasteiger charge is -2.11. The second-order valence-electron chi connectivity index (χ2n) is 6.38. The van der Waals surface area contributed by atoms with Crippen LogP contribution in [-0.2, 0) is 18.3 Å². The molecule has 1 heterocycles. The Balaban J connectivity index is 1.53. The number of benzene rings is 2. The molecule has 1 aromatic heterocycles. The van der Waals surface area contributed by atoms with Gasteiger partial charge in [-0.05, 0) is 30.2 Å². The van der Waals surface area contributed by atoms with E-state index < -0.39 is 6.10 Å². The first-order valence-electron chi connectivity index (χ1n) is 8.70. The number of aliphatic hydroxyl groups excluding tert-OH is 1. The van der Waals surface area contributed by atoms with E-state index in [0.717, 1.165) is 27.8 Å². The topological polar surface area (TPSA) is 63.5 Å². The third-order valence-electron chi connectivity index (χ3n) is 4.58. The molecule has 5 heteroatoms. The summed E-state index contributed by atoms with van der Waals surface area (Å²) < 4.78 is 7.11. The van der Waals surface area contributed by atoms with Gasteiger partial charge in [0.25, 0.3) is 0 Å². The molecule has 0 saturated carbocycles. The number of fused-ring (bicyclic) bond motifs is 1. The Kier molecular flexibility index (Phi) is 5.58. The predicted molar refractivity (Wildman–Crippen MR) is 102 cm³/mol. The number of nitrogens with one attached hydrogen (secondary N) is 1. The fraction of sp³-hybridized carbons (Fsp3) is 0.286. The van der Waals surface area contributed by atoms with Crippen LogP contribution in [0.25, 0.3) is 10.9 Å². The highest BCUT2D eigenvalue weighted by Gasteiger charge is 2.15. The summed E-state index contributed by atoms with van der Waals surface area (Å²) in [5.41, 5.74) is 2.97. The van der Waals surface area contributed by atoms with Crippen molar-refractivity contribution >= 4 is 16.8 Å². The number of nitrogens with zero attached hydrogens (tertiary/aromatic N) is 1. The van der Waals surface area contributed by atoms with Gasteiger partial charge >= 0.3 is 0 Å². The van der Waals surface area contributed by atoms with Gasteiger partial charge in [0, 0.05) is 42.7 Å². The Morgan fingerprint density at radius 2 is 1.92 bits per heavy atom. The number of para-hydroxylation sites is 1. The number of hydrogen-bond donors (Lipinski definition) is 2. The van der Waals surface area contributed by atoms with Crippen LogP contribution in [0, 0.1) is 0 Å². The molecule has 1 amide bonds. The van der Waals surface area contributed by atoms with E-state index in [1.165, 1.54) is 0 Å². The molecule has 0 spiro atoms. The first-order chi connectivity index (χ1) is 12.6. The normalized spacial score (nSPS) is 12.1. The largest absolute Gasteiger partial charge is 0.497 e. The summed E-state index contributed by atoms with van der Waals surface area (Å²) >= 11 is 0. The number of methoxy groups -OCH3 is 1. The monoisotopic (exact) mass is 352 g/mol. The van der Waals surface area contributed by atoms with Gasteiger partial charge in [0.1, 0.15) is 5.75 Å². The van der Waals surface area contributed by atoms with Crippen molar-refractivity contribution in [3.05, 3.63) is 65.9 Å². The average Bonchev–Trinajstić information content (AvgIpc) is 3.02. The third-order valence-corrected chi connectivity index (χ3v) is 4.58. The highest BCUT2D eigenvalue weighted by atomic mass is 16.5. The molecule has 0 aliphatic rings. The zero-order valence-electron chi connectivity index (χ0n) is 15.1. The van der Waals surface area contributed by atoms with Gasteiger partial charge in [-0.3, -0.25) is 4.79 Å². The van der Waals surface area contributed by atoms with E-state index in [-0.39, 0.29) is 12.5 Å². The van der Waals surface area contributed by atoms with Gasteiger partial charge in [-0.25, -0.2) is 0 Å². The van der Waals surface area contributed by atoms with Crippen molar-refractivity contribution in [2.45, 2.75) is 18.9 Å². The van der Waals surface area contributed by atoms with Crippen molar-refractivity contribution < 1.29 is 14.6 Å². The first-order valence-corrected chi connectivity index (χ1v) is 8.70. The fourth-order valence-electron chi connectivity index (χ4n) is 3.10. The summed E-state index contributed by atoms with van der Waals surface area (Å²) in [7, 11) is 3.58. The molecule has 0 aliphatic heterocycles. The number of hydrogen-bond acceptors (Lipinski definition) is 3. The highest BCUT2D eigenvalue weighted by Crippen LogP contribution is 2.25. The molecular formula is C21H24N2O3. The van der Waals surface area contributed by atoms with Crippen molar-refractivity contribution in [2.75, 3.05) is 13.7 Å². The van der Waals surface area contributed by atoms with Crippen LogP contribution >= 0.6 is 0 Å². The number of aromatic nitrogens is 1. The second-order valence-corrected chi connectivity index (χ2v) is 6.38. The smallest absolute Gasteiger partial charge is 0.220 e. The van der Waals surface area contributed by atoms with Crippen LogP contribution in [0.3, 0.4) is 0 Å². The van der Waals surface area contributed by atoms with Crippen LogP contribution in [0.4, 0.5) is 0 Å².